The molecule has 4 N–H and O–H groups in total. The Balaban J connectivity index is 0.000000180. The van der Waals surface area contributed by atoms with Crippen molar-refractivity contribution in [1.82, 2.24) is 0 Å². The van der Waals surface area contributed by atoms with E-state index in [0.29, 0.717) is 0 Å². The van der Waals surface area contributed by atoms with E-state index in [0.717, 1.165) is 16.9 Å². The first-order valence-electron chi connectivity index (χ1n) is 6.06. The highest BCUT2D eigenvalue weighted by Gasteiger charge is 1.92. The molecule has 0 aliphatic heterocycles. The average molecular weight is 242 g/mol. The summed E-state index contributed by atoms with van der Waals surface area (Å²) < 4.78 is 0. The zero-order valence-corrected chi connectivity index (χ0v) is 11.6. The molecule has 0 unspecified atom stereocenters. The number of anilines is 2. The van der Waals surface area contributed by atoms with Gasteiger partial charge in [0.25, 0.3) is 0 Å². The zero-order valence-electron chi connectivity index (χ0n) is 11.6. The lowest BCUT2D eigenvalue weighted by Crippen LogP contribution is -1.90. The second-order valence-corrected chi connectivity index (χ2v) is 4.65. The molecule has 2 heteroatoms. The van der Waals surface area contributed by atoms with E-state index < -0.39 is 0 Å². The molecule has 0 saturated carbocycles. The maximum atomic E-state index is 5.62. The topological polar surface area (TPSA) is 52.0 Å². The van der Waals surface area contributed by atoms with Crippen molar-refractivity contribution in [2.45, 2.75) is 27.7 Å². The number of hydrogen-bond donors (Lipinski definition) is 2. The molecule has 0 aliphatic carbocycles. The lowest BCUT2D eigenvalue weighted by atomic mass is 10.1. The predicted molar refractivity (Wildman–Crippen MR) is 80.7 cm³/mol. The molecule has 2 rings (SSSR count). The molecule has 2 nitrogen and oxygen atoms in total. The van der Waals surface area contributed by atoms with Crippen molar-refractivity contribution in [2.24, 2.45) is 0 Å². The van der Waals surface area contributed by atoms with Gasteiger partial charge in [0, 0.05) is 11.4 Å². The van der Waals surface area contributed by atoms with Crippen molar-refractivity contribution in [1.29, 1.82) is 0 Å². The van der Waals surface area contributed by atoms with Crippen molar-refractivity contribution in [3.05, 3.63) is 58.7 Å². The molecule has 2 aromatic rings. The minimum Gasteiger partial charge on any atom is -0.399 e. The molecule has 0 aromatic heterocycles. The third-order valence-corrected chi connectivity index (χ3v) is 3.08. The molecule has 0 amide bonds. The van der Waals surface area contributed by atoms with Gasteiger partial charge < -0.3 is 11.5 Å². The summed E-state index contributed by atoms with van der Waals surface area (Å²) in [6, 6.07) is 12.0. The Bertz CT molecular complexity index is 510. The van der Waals surface area contributed by atoms with Crippen LogP contribution in [0.3, 0.4) is 0 Å². The van der Waals surface area contributed by atoms with Crippen LogP contribution in [0.15, 0.2) is 36.4 Å². The number of hydrogen-bond acceptors (Lipinski definition) is 2. The van der Waals surface area contributed by atoms with Crippen molar-refractivity contribution in [3.8, 4) is 0 Å². The van der Waals surface area contributed by atoms with Crippen LogP contribution in [0.5, 0.6) is 0 Å². The van der Waals surface area contributed by atoms with E-state index in [4.69, 9.17) is 11.5 Å². The fourth-order valence-electron chi connectivity index (χ4n) is 1.53. The van der Waals surface area contributed by atoms with Crippen molar-refractivity contribution < 1.29 is 0 Å². The molecule has 0 radical (unpaired) electrons. The maximum Gasteiger partial charge on any atom is 0.0346 e. The van der Waals surface area contributed by atoms with Crippen LogP contribution < -0.4 is 11.5 Å². The monoisotopic (exact) mass is 242 g/mol. The van der Waals surface area contributed by atoms with Gasteiger partial charge >= 0.3 is 0 Å². The number of benzene rings is 2. The summed E-state index contributed by atoms with van der Waals surface area (Å²) in [6.45, 7) is 8.14. The van der Waals surface area contributed by atoms with E-state index in [9.17, 15) is 0 Å². The maximum absolute atomic E-state index is 5.62. The first-order chi connectivity index (χ1) is 8.41. The second-order valence-electron chi connectivity index (χ2n) is 4.65. The largest absolute Gasteiger partial charge is 0.399 e. The molecule has 2 aromatic carbocycles. The van der Waals surface area contributed by atoms with E-state index in [2.05, 4.69) is 19.1 Å². The predicted octanol–water partition coefficient (Wildman–Crippen LogP) is 3.77. The lowest BCUT2D eigenvalue weighted by Gasteiger charge is -2.00. The Kier molecular flexibility index (Phi) is 4.78. The van der Waals surface area contributed by atoms with Crippen molar-refractivity contribution in [3.63, 3.8) is 0 Å². The molecule has 18 heavy (non-hydrogen) atoms. The number of aryl methyl sites for hydroxylation is 3. The van der Waals surface area contributed by atoms with Gasteiger partial charge in [0.2, 0.25) is 0 Å². The molecular formula is C16H22N2. The molecule has 0 aliphatic rings. The van der Waals surface area contributed by atoms with E-state index in [1.54, 1.807) is 0 Å². The van der Waals surface area contributed by atoms with Crippen LogP contribution in [-0.4, -0.2) is 0 Å². The van der Waals surface area contributed by atoms with Crippen LogP contribution in [0.1, 0.15) is 22.3 Å². The van der Waals surface area contributed by atoms with Gasteiger partial charge in [-0.1, -0.05) is 24.3 Å². The van der Waals surface area contributed by atoms with Crippen LogP contribution in [0.2, 0.25) is 0 Å². The van der Waals surface area contributed by atoms with Gasteiger partial charge in [-0.2, -0.15) is 0 Å². The van der Waals surface area contributed by atoms with Crippen molar-refractivity contribution >= 4 is 11.4 Å². The smallest absolute Gasteiger partial charge is 0.0346 e. The molecule has 0 saturated heterocycles. The molecule has 0 atom stereocenters. The highest BCUT2D eigenvalue weighted by Crippen LogP contribution is 2.13. The highest BCUT2D eigenvalue weighted by atomic mass is 14.6. The molecule has 0 fully saturated rings. The van der Waals surface area contributed by atoms with Gasteiger partial charge in [0.1, 0.15) is 0 Å². The van der Waals surface area contributed by atoms with Gasteiger partial charge in [-0.25, -0.2) is 0 Å². The van der Waals surface area contributed by atoms with Crippen LogP contribution >= 0.6 is 0 Å². The third-order valence-electron chi connectivity index (χ3n) is 3.08. The van der Waals surface area contributed by atoms with Crippen LogP contribution in [0.25, 0.3) is 0 Å². The van der Waals surface area contributed by atoms with Gasteiger partial charge in [-0.3, -0.25) is 0 Å². The first-order valence-corrected chi connectivity index (χ1v) is 6.06. The summed E-state index contributed by atoms with van der Waals surface area (Å²) in [5.74, 6) is 0. The van der Waals surface area contributed by atoms with Crippen molar-refractivity contribution in [2.75, 3.05) is 11.5 Å². The third kappa shape index (κ3) is 3.81. The van der Waals surface area contributed by atoms with Gasteiger partial charge in [-0.15, -0.1) is 0 Å². The van der Waals surface area contributed by atoms with Gasteiger partial charge in [0.15, 0.2) is 0 Å². The standard InChI is InChI=1S/2C8H11N/c1-6-3-4-7(2)8(9)5-6;1-6-4-3-5-8(9)7(6)2/h2*3-5H,9H2,1-2H3. The average Bonchev–Trinajstić information content (AvgIpc) is 2.32. The van der Waals surface area contributed by atoms with Gasteiger partial charge in [0.05, 0.1) is 0 Å². The Morgan fingerprint density at radius 1 is 0.722 bits per heavy atom. The van der Waals surface area contributed by atoms with Crippen LogP contribution in [-0.2, 0) is 0 Å². The summed E-state index contributed by atoms with van der Waals surface area (Å²) in [4.78, 5) is 0. The summed E-state index contributed by atoms with van der Waals surface area (Å²) in [5, 5.41) is 0. The minimum atomic E-state index is 0.884. The normalized spacial score (nSPS) is 9.56. The zero-order chi connectivity index (χ0) is 13.7. The highest BCUT2D eigenvalue weighted by molar-refractivity contribution is 5.49. The molecule has 0 bridgehead atoms. The lowest BCUT2D eigenvalue weighted by molar-refractivity contribution is 1.35. The fourth-order valence-corrected chi connectivity index (χ4v) is 1.53. The van der Waals surface area contributed by atoms with E-state index in [1.165, 1.54) is 16.7 Å². The number of nitrogens with two attached hydrogens (primary N) is 2. The summed E-state index contributed by atoms with van der Waals surface area (Å²) >= 11 is 0. The molecule has 0 spiro atoms. The van der Waals surface area contributed by atoms with Crippen LogP contribution in [0.4, 0.5) is 11.4 Å². The molecule has 0 heterocycles. The Morgan fingerprint density at radius 3 is 1.83 bits per heavy atom. The second kappa shape index (κ2) is 6.10. The summed E-state index contributed by atoms with van der Waals surface area (Å²) in [5.41, 5.74) is 17.8. The SMILES string of the molecule is Cc1ccc(C)c(N)c1.Cc1cccc(N)c1C. The molecule has 96 valence electrons. The van der Waals surface area contributed by atoms with E-state index in [1.807, 2.05) is 45.0 Å². The van der Waals surface area contributed by atoms with E-state index in [-0.39, 0.29) is 0 Å². The number of nitrogen functional groups attached to an aromatic ring is 2. The van der Waals surface area contributed by atoms with Gasteiger partial charge in [-0.05, 0) is 62.1 Å². The minimum absolute atomic E-state index is 0.884. The quantitative estimate of drug-likeness (QED) is 0.691. The summed E-state index contributed by atoms with van der Waals surface area (Å²) in [7, 11) is 0. The van der Waals surface area contributed by atoms with E-state index >= 15 is 0 Å². The number of rotatable bonds is 0. The Labute approximate surface area is 110 Å². The fraction of sp³-hybridized carbons (Fsp3) is 0.250. The Morgan fingerprint density at radius 2 is 1.39 bits per heavy atom. The first kappa shape index (κ1) is 14.1. The Hall–Kier alpha value is -1.96. The molecular weight excluding hydrogens is 220 g/mol. The summed E-state index contributed by atoms with van der Waals surface area (Å²) in [6.07, 6.45) is 0. The van der Waals surface area contributed by atoms with Crippen LogP contribution in [0, 0.1) is 27.7 Å².